The summed E-state index contributed by atoms with van der Waals surface area (Å²) in [5, 5.41) is 2.77. The highest BCUT2D eigenvalue weighted by atomic mass is 79.9. The van der Waals surface area contributed by atoms with Crippen molar-refractivity contribution in [3.05, 3.63) is 17.0 Å². The molecule has 13 heavy (non-hydrogen) atoms. The summed E-state index contributed by atoms with van der Waals surface area (Å²) in [6.07, 6.45) is 0.442. The molecule has 0 radical (unpaired) electrons. The Labute approximate surface area is 82.7 Å². The smallest absolute Gasteiger partial charge is 0.240 e. The van der Waals surface area contributed by atoms with E-state index in [-0.39, 0.29) is 13.0 Å². The van der Waals surface area contributed by atoms with Crippen molar-refractivity contribution >= 4 is 21.7 Å². The topological polar surface area (TPSA) is 37.8 Å². The monoisotopic (exact) mass is 251 g/mol. The lowest BCUT2D eigenvalue weighted by molar-refractivity contribution is 0.142. The van der Waals surface area contributed by atoms with Crippen LogP contribution in [0.4, 0.5) is 14.6 Å². The molecule has 1 heterocycles. The molecule has 0 amide bonds. The first kappa shape index (κ1) is 10.3. The van der Waals surface area contributed by atoms with Gasteiger partial charge >= 0.3 is 0 Å². The van der Waals surface area contributed by atoms with Gasteiger partial charge in [-0.2, -0.15) is 0 Å². The molecule has 0 aromatic carbocycles. The second-order valence-electron chi connectivity index (χ2n) is 2.33. The number of aromatic nitrogens is 2. The third-order valence-electron chi connectivity index (χ3n) is 1.32. The molecule has 0 fully saturated rings. The maximum Gasteiger partial charge on any atom is 0.240 e. The van der Waals surface area contributed by atoms with Crippen molar-refractivity contribution in [1.82, 2.24) is 9.97 Å². The number of hydrogen-bond donors (Lipinski definition) is 1. The van der Waals surface area contributed by atoms with Gasteiger partial charge in [-0.3, -0.25) is 0 Å². The summed E-state index contributed by atoms with van der Waals surface area (Å²) in [5.41, 5.74) is 0. The van der Waals surface area contributed by atoms with Crippen molar-refractivity contribution in [1.29, 1.82) is 0 Å². The Bertz CT molecular complexity index is 270. The first-order valence-corrected chi connectivity index (χ1v) is 4.47. The van der Waals surface area contributed by atoms with Crippen LogP contribution in [0.5, 0.6) is 0 Å². The van der Waals surface area contributed by atoms with E-state index in [9.17, 15) is 8.78 Å². The molecule has 72 valence electrons. The van der Waals surface area contributed by atoms with Crippen LogP contribution in [0.2, 0.25) is 0 Å². The second-order valence-corrected chi connectivity index (χ2v) is 3.18. The highest BCUT2D eigenvalue weighted by Crippen LogP contribution is 2.16. The van der Waals surface area contributed by atoms with Gasteiger partial charge in [0.2, 0.25) is 6.43 Å². The van der Waals surface area contributed by atoms with Crippen LogP contribution in [0.25, 0.3) is 0 Å². The Kier molecular flexibility index (Phi) is 4.01. The van der Waals surface area contributed by atoms with Gasteiger partial charge in [-0.25, -0.2) is 18.7 Å². The van der Waals surface area contributed by atoms with E-state index >= 15 is 0 Å². The first-order valence-electron chi connectivity index (χ1n) is 3.67. The second kappa shape index (κ2) is 5.06. The van der Waals surface area contributed by atoms with Gasteiger partial charge < -0.3 is 5.32 Å². The average molecular weight is 252 g/mol. The first-order chi connectivity index (χ1) is 6.20. The molecule has 1 rings (SSSR count). The molecular weight excluding hydrogens is 244 g/mol. The fraction of sp³-hybridized carbons (Fsp3) is 0.429. The molecule has 0 spiro atoms. The summed E-state index contributed by atoms with van der Waals surface area (Å²) >= 11 is 3.19. The lowest BCUT2D eigenvalue weighted by atomic mass is 10.4. The van der Waals surface area contributed by atoms with Crippen LogP contribution in [0.1, 0.15) is 6.42 Å². The zero-order valence-corrected chi connectivity index (χ0v) is 8.26. The molecule has 1 aromatic heterocycles. The fourth-order valence-corrected chi connectivity index (χ4v) is 1.10. The predicted octanol–water partition coefficient (Wildman–Crippen LogP) is 2.31. The van der Waals surface area contributed by atoms with E-state index in [0.717, 1.165) is 0 Å². The quantitative estimate of drug-likeness (QED) is 0.893. The number of halogens is 3. The SMILES string of the molecule is FC(F)CCNc1ncncc1Br. The third kappa shape index (κ3) is 3.63. The van der Waals surface area contributed by atoms with Crippen LogP contribution in [0, 0.1) is 0 Å². The van der Waals surface area contributed by atoms with Crippen molar-refractivity contribution in [3.8, 4) is 0 Å². The molecule has 1 N–H and O–H groups in total. The van der Waals surface area contributed by atoms with Crippen molar-refractivity contribution in [3.63, 3.8) is 0 Å². The van der Waals surface area contributed by atoms with Gasteiger partial charge in [0.05, 0.1) is 4.47 Å². The van der Waals surface area contributed by atoms with Gasteiger partial charge in [-0.15, -0.1) is 0 Å². The Morgan fingerprint density at radius 3 is 2.92 bits per heavy atom. The normalized spacial score (nSPS) is 10.5. The van der Waals surface area contributed by atoms with Crippen molar-refractivity contribution < 1.29 is 8.78 Å². The minimum atomic E-state index is -2.28. The van der Waals surface area contributed by atoms with Gasteiger partial charge in [-0.05, 0) is 15.9 Å². The van der Waals surface area contributed by atoms with Crippen LogP contribution in [0.15, 0.2) is 17.0 Å². The number of nitrogens with zero attached hydrogens (tertiary/aromatic N) is 2. The number of anilines is 1. The number of rotatable bonds is 4. The average Bonchev–Trinajstić information content (AvgIpc) is 2.08. The fourth-order valence-electron chi connectivity index (χ4n) is 0.742. The van der Waals surface area contributed by atoms with E-state index in [2.05, 4.69) is 31.2 Å². The standard InChI is InChI=1S/C7H8BrF2N3/c8-5-3-11-4-13-7(5)12-2-1-6(9)10/h3-4,6H,1-2H2,(H,11,12,13). The number of alkyl halides is 2. The Morgan fingerprint density at radius 1 is 1.54 bits per heavy atom. The zero-order valence-electron chi connectivity index (χ0n) is 6.67. The Hall–Kier alpha value is -0.780. The summed E-state index contributed by atoms with van der Waals surface area (Å²) in [6.45, 7) is 0.202. The molecule has 3 nitrogen and oxygen atoms in total. The van der Waals surface area contributed by atoms with E-state index in [4.69, 9.17) is 0 Å². The third-order valence-corrected chi connectivity index (χ3v) is 1.90. The van der Waals surface area contributed by atoms with Crippen molar-refractivity contribution in [2.45, 2.75) is 12.8 Å². The van der Waals surface area contributed by atoms with Crippen LogP contribution in [-0.2, 0) is 0 Å². The Morgan fingerprint density at radius 2 is 2.31 bits per heavy atom. The summed E-state index contributed by atoms with van der Waals surface area (Å²) < 4.78 is 24.2. The summed E-state index contributed by atoms with van der Waals surface area (Å²) in [6, 6.07) is 0. The maximum absolute atomic E-state index is 11.8. The lowest BCUT2D eigenvalue weighted by Crippen LogP contribution is -2.07. The molecule has 0 saturated carbocycles. The highest BCUT2D eigenvalue weighted by molar-refractivity contribution is 9.10. The number of hydrogen-bond acceptors (Lipinski definition) is 3. The minimum Gasteiger partial charge on any atom is -0.369 e. The summed E-state index contributed by atoms with van der Waals surface area (Å²) in [5.74, 6) is 0.538. The molecule has 0 saturated heterocycles. The van der Waals surface area contributed by atoms with Crippen LogP contribution in [-0.4, -0.2) is 22.9 Å². The van der Waals surface area contributed by atoms with Gasteiger partial charge in [0, 0.05) is 19.2 Å². The van der Waals surface area contributed by atoms with Crippen molar-refractivity contribution in [2.75, 3.05) is 11.9 Å². The maximum atomic E-state index is 11.8. The molecule has 0 aliphatic rings. The molecular formula is C7H8BrF2N3. The molecule has 1 aromatic rings. The van der Waals surface area contributed by atoms with E-state index in [0.29, 0.717) is 10.3 Å². The molecule has 0 aliphatic carbocycles. The van der Waals surface area contributed by atoms with E-state index in [1.165, 1.54) is 6.33 Å². The molecule has 6 heteroatoms. The van der Waals surface area contributed by atoms with Crippen molar-refractivity contribution in [2.24, 2.45) is 0 Å². The molecule has 0 aliphatic heterocycles. The van der Waals surface area contributed by atoms with E-state index in [1.54, 1.807) is 6.20 Å². The van der Waals surface area contributed by atoms with E-state index < -0.39 is 6.43 Å². The van der Waals surface area contributed by atoms with Crippen LogP contribution >= 0.6 is 15.9 Å². The van der Waals surface area contributed by atoms with Gasteiger partial charge in [0.15, 0.2) is 0 Å². The van der Waals surface area contributed by atoms with Gasteiger partial charge in [0.25, 0.3) is 0 Å². The van der Waals surface area contributed by atoms with Gasteiger partial charge in [-0.1, -0.05) is 0 Å². The lowest BCUT2D eigenvalue weighted by Gasteiger charge is -2.05. The summed E-state index contributed by atoms with van der Waals surface area (Å²) in [4.78, 5) is 7.60. The van der Waals surface area contributed by atoms with Gasteiger partial charge in [0.1, 0.15) is 12.1 Å². The minimum absolute atomic E-state index is 0.184. The summed E-state index contributed by atoms with van der Waals surface area (Å²) in [7, 11) is 0. The van der Waals surface area contributed by atoms with Crippen LogP contribution in [0.3, 0.4) is 0 Å². The van der Waals surface area contributed by atoms with Crippen LogP contribution < -0.4 is 5.32 Å². The largest absolute Gasteiger partial charge is 0.369 e. The molecule has 0 atom stereocenters. The number of nitrogens with one attached hydrogen (secondary N) is 1. The highest BCUT2D eigenvalue weighted by Gasteiger charge is 2.03. The Balaban J connectivity index is 2.41. The molecule has 0 bridgehead atoms. The predicted molar refractivity (Wildman–Crippen MR) is 48.8 cm³/mol. The van der Waals surface area contributed by atoms with E-state index in [1.807, 2.05) is 0 Å². The molecule has 0 unspecified atom stereocenters. The zero-order chi connectivity index (χ0) is 9.68.